The first-order valence-electron chi connectivity index (χ1n) is 12.9. The van der Waals surface area contributed by atoms with Gasteiger partial charge in [0.25, 0.3) is 10.0 Å². The summed E-state index contributed by atoms with van der Waals surface area (Å²) in [7, 11) is -3.83. The first-order chi connectivity index (χ1) is 19.7. The number of imidazole rings is 1. The van der Waals surface area contributed by atoms with E-state index in [1.807, 2.05) is 19.1 Å². The van der Waals surface area contributed by atoms with Crippen molar-refractivity contribution >= 4 is 37.9 Å². The Hall–Kier alpha value is -4.08. The van der Waals surface area contributed by atoms with E-state index in [2.05, 4.69) is 15.0 Å². The Balaban J connectivity index is 1.26. The number of hydrogen-bond donors (Lipinski definition) is 4. The lowest BCUT2D eigenvalue weighted by molar-refractivity contribution is -0.0511. The largest absolute Gasteiger partial charge is 0.463 e. The number of rotatable bonds is 8. The van der Waals surface area contributed by atoms with Crippen LogP contribution in [0, 0.1) is 6.92 Å². The normalized spacial score (nSPS) is 21.2. The Kier molecular flexibility index (Phi) is 6.87. The average Bonchev–Trinajstić information content (AvgIpc) is 3.63. The summed E-state index contributed by atoms with van der Waals surface area (Å²) in [5.74, 6) is 0.0382. The molecule has 4 atom stereocenters. The Morgan fingerprint density at radius 2 is 1.83 bits per heavy atom. The van der Waals surface area contributed by atoms with Gasteiger partial charge in [-0.25, -0.2) is 17.4 Å². The van der Waals surface area contributed by atoms with E-state index >= 15 is 0 Å². The fraction of sp³-hybridized carbons (Fsp3) is 0.296. The van der Waals surface area contributed by atoms with Crippen LogP contribution < -0.4 is 10.5 Å². The second-order valence-corrected chi connectivity index (χ2v) is 11.6. The number of para-hydroxylation sites is 1. The van der Waals surface area contributed by atoms with Gasteiger partial charge in [-0.05, 0) is 30.7 Å². The summed E-state index contributed by atoms with van der Waals surface area (Å²) < 4.78 is 41.0. The number of fused-ring (bicyclic) bond motifs is 2. The molecular weight excluding hydrogens is 552 g/mol. The van der Waals surface area contributed by atoms with E-state index in [4.69, 9.17) is 15.2 Å². The van der Waals surface area contributed by atoms with Gasteiger partial charge in [0, 0.05) is 18.0 Å². The van der Waals surface area contributed by atoms with Gasteiger partial charge in [0.1, 0.15) is 18.3 Å². The molecule has 0 aliphatic carbocycles. The van der Waals surface area contributed by atoms with Crippen molar-refractivity contribution in [2.75, 3.05) is 18.9 Å². The molecule has 0 bridgehead atoms. The van der Waals surface area contributed by atoms with Gasteiger partial charge in [0.15, 0.2) is 23.2 Å². The van der Waals surface area contributed by atoms with E-state index in [9.17, 15) is 23.7 Å². The van der Waals surface area contributed by atoms with Crippen molar-refractivity contribution in [2.24, 2.45) is 0 Å². The first kappa shape index (κ1) is 27.1. The molecule has 0 amide bonds. The Morgan fingerprint density at radius 3 is 2.56 bits per heavy atom. The molecule has 1 saturated heterocycles. The summed E-state index contributed by atoms with van der Waals surface area (Å²) in [5, 5.41) is 30.8. The van der Waals surface area contributed by atoms with E-state index in [0.29, 0.717) is 11.9 Å². The van der Waals surface area contributed by atoms with Crippen molar-refractivity contribution in [1.82, 2.24) is 23.5 Å². The number of aliphatic hydroxyl groups is 3. The van der Waals surface area contributed by atoms with Crippen LogP contribution in [-0.4, -0.2) is 78.8 Å². The summed E-state index contributed by atoms with van der Waals surface area (Å²) in [6.45, 7) is 1.52. The molecule has 1 fully saturated rings. The molecule has 1 aliphatic rings. The molecule has 14 heteroatoms. The van der Waals surface area contributed by atoms with Gasteiger partial charge >= 0.3 is 6.01 Å². The van der Waals surface area contributed by atoms with Crippen LogP contribution in [0.25, 0.3) is 22.1 Å². The predicted octanol–water partition coefficient (Wildman–Crippen LogP) is 1.14. The highest BCUT2D eigenvalue weighted by Crippen LogP contribution is 2.33. The molecule has 2 aromatic carbocycles. The molecular formula is C27H28N6O7S. The van der Waals surface area contributed by atoms with Crippen LogP contribution in [0.1, 0.15) is 17.4 Å². The fourth-order valence-corrected chi connectivity index (χ4v) is 6.36. The van der Waals surface area contributed by atoms with Gasteiger partial charge < -0.3 is 30.5 Å². The summed E-state index contributed by atoms with van der Waals surface area (Å²) >= 11 is 0. The van der Waals surface area contributed by atoms with Crippen molar-refractivity contribution in [3.63, 3.8) is 0 Å². The highest BCUT2D eigenvalue weighted by molar-refractivity contribution is 7.90. The number of benzene rings is 2. The van der Waals surface area contributed by atoms with Crippen molar-refractivity contribution in [3.05, 3.63) is 72.2 Å². The quantitative estimate of drug-likeness (QED) is 0.206. The molecule has 1 aliphatic heterocycles. The molecule has 5 N–H and O–H groups in total. The molecule has 3 aromatic heterocycles. The SMILES string of the molecule is Cc1ccc(S(=O)(=O)n2cc(CCOc3nc(N)c4ncn([C@@H]5O[C@H](CO)[C@@H](O)[C@H]5O)c4n3)c3ccccc32)cc1. The summed E-state index contributed by atoms with van der Waals surface area (Å²) in [5.41, 5.74) is 8.81. The zero-order chi connectivity index (χ0) is 28.9. The Morgan fingerprint density at radius 1 is 1.07 bits per heavy atom. The van der Waals surface area contributed by atoms with Crippen molar-refractivity contribution < 1.29 is 33.2 Å². The standard InChI is InChI=1S/C27H28N6O7S/c1-15-6-8-17(9-7-15)41(37,38)33-12-16(18-4-2-3-5-19(18)33)10-11-39-27-30-24(28)21-25(31-27)32(14-29-21)26-23(36)22(35)20(13-34)40-26/h2-9,12,14,20,22-23,26,34-36H,10-11,13H2,1H3,(H2,28,30,31)/t20-,22-,23-,26-/m1/s1. The van der Waals surface area contributed by atoms with Crippen molar-refractivity contribution in [2.45, 2.75) is 42.8 Å². The summed E-state index contributed by atoms with van der Waals surface area (Å²) in [4.78, 5) is 12.9. The lowest BCUT2D eigenvalue weighted by Crippen LogP contribution is -2.33. The first-order valence-corrected chi connectivity index (χ1v) is 14.3. The number of hydrogen-bond acceptors (Lipinski definition) is 11. The zero-order valence-corrected chi connectivity index (χ0v) is 22.7. The number of nitrogen functional groups attached to an aromatic ring is 1. The van der Waals surface area contributed by atoms with E-state index in [-0.39, 0.29) is 34.5 Å². The third kappa shape index (κ3) is 4.69. The molecule has 0 saturated carbocycles. The minimum absolute atomic E-state index is 0.0382. The van der Waals surface area contributed by atoms with E-state index in [1.165, 1.54) is 14.9 Å². The van der Waals surface area contributed by atoms with Crippen LogP contribution in [0.3, 0.4) is 0 Å². The van der Waals surface area contributed by atoms with Crippen LogP contribution in [0.4, 0.5) is 5.82 Å². The maximum absolute atomic E-state index is 13.5. The molecule has 214 valence electrons. The lowest BCUT2D eigenvalue weighted by Gasteiger charge is -2.16. The predicted molar refractivity (Wildman–Crippen MR) is 148 cm³/mol. The maximum atomic E-state index is 13.5. The molecule has 0 spiro atoms. The number of ether oxygens (including phenoxy) is 2. The fourth-order valence-electron chi connectivity index (χ4n) is 4.97. The number of nitrogens with two attached hydrogens (primary N) is 1. The molecule has 4 heterocycles. The second kappa shape index (κ2) is 10.4. The lowest BCUT2D eigenvalue weighted by atomic mass is 10.1. The van der Waals surface area contributed by atoms with Gasteiger partial charge in [0.2, 0.25) is 0 Å². The van der Waals surface area contributed by atoms with Gasteiger partial charge in [-0.2, -0.15) is 9.97 Å². The third-order valence-corrected chi connectivity index (χ3v) is 8.85. The highest BCUT2D eigenvalue weighted by Gasteiger charge is 2.44. The van der Waals surface area contributed by atoms with E-state index in [0.717, 1.165) is 16.5 Å². The van der Waals surface area contributed by atoms with Crippen molar-refractivity contribution in [3.8, 4) is 6.01 Å². The van der Waals surface area contributed by atoms with Crippen molar-refractivity contribution in [1.29, 1.82) is 0 Å². The average molecular weight is 581 g/mol. The maximum Gasteiger partial charge on any atom is 0.320 e. The zero-order valence-electron chi connectivity index (χ0n) is 21.9. The molecule has 13 nitrogen and oxygen atoms in total. The van der Waals surface area contributed by atoms with Crippen LogP contribution in [-0.2, 0) is 21.2 Å². The van der Waals surface area contributed by atoms with Gasteiger partial charge in [0.05, 0.1) is 30.0 Å². The van der Waals surface area contributed by atoms with E-state index in [1.54, 1.807) is 42.6 Å². The van der Waals surface area contributed by atoms with Gasteiger partial charge in [-0.1, -0.05) is 35.9 Å². The Labute approximate surface area is 234 Å². The van der Waals surface area contributed by atoms with E-state index < -0.39 is 41.2 Å². The van der Waals surface area contributed by atoms with Gasteiger partial charge in [-0.15, -0.1) is 0 Å². The number of nitrogens with zero attached hydrogens (tertiary/aromatic N) is 5. The molecule has 6 rings (SSSR count). The molecule has 0 radical (unpaired) electrons. The second-order valence-electron chi connectivity index (χ2n) is 9.83. The van der Waals surface area contributed by atoms with Gasteiger partial charge in [-0.3, -0.25) is 4.57 Å². The number of anilines is 1. The minimum Gasteiger partial charge on any atom is -0.463 e. The van der Waals surface area contributed by atoms with Crippen LogP contribution >= 0.6 is 0 Å². The topological polar surface area (TPSA) is 188 Å². The minimum atomic E-state index is -3.83. The number of aromatic nitrogens is 5. The summed E-state index contributed by atoms with van der Waals surface area (Å²) in [6, 6.07) is 13.9. The summed E-state index contributed by atoms with van der Waals surface area (Å²) in [6.07, 6.45) is -1.38. The molecule has 5 aromatic rings. The molecule has 0 unspecified atom stereocenters. The smallest absolute Gasteiger partial charge is 0.320 e. The Bertz CT molecular complexity index is 1840. The highest BCUT2D eigenvalue weighted by atomic mass is 32.2. The molecule has 41 heavy (non-hydrogen) atoms. The van der Waals surface area contributed by atoms with Crippen LogP contribution in [0.15, 0.2) is 66.0 Å². The van der Waals surface area contributed by atoms with Crippen LogP contribution in [0.5, 0.6) is 6.01 Å². The third-order valence-electron chi connectivity index (χ3n) is 7.16. The van der Waals surface area contributed by atoms with Crippen LogP contribution in [0.2, 0.25) is 0 Å². The number of aryl methyl sites for hydroxylation is 1. The number of aliphatic hydroxyl groups excluding tert-OH is 3. The monoisotopic (exact) mass is 580 g/mol.